The van der Waals surface area contributed by atoms with Crippen molar-refractivity contribution in [2.75, 3.05) is 38.2 Å². The van der Waals surface area contributed by atoms with Crippen molar-refractivity contribution in [1.29, 1.82) is 0 Å². The number of esters is 1. The number of anilines is 1. The fraction of sp³-hybridized carbons (Fsp3) is 0.385. The maximum atomic E-state index is 12.8. The third-order valence-corrected chi connectivity index (χ3v) is 7.34. The Hall–Kier alpha value is -1.49. The molecular weight excluding hydrogens is 358 g/mol. The van der Waals surface area contributed by atoms with Crippen molar-refractivity contribution in [3.63, 3.8) is 0 Å². The largest absolute Gasteiger partial charge is 0.465 e. The maximum Gasteiger partial charge on any atom is 0.349 e. The average molecular weight is 373 g/mol. The highest BCUT2D eigenvalue weighted by atomic mass is 32.2. The lowest BCUT2D eigenvalue weighted by molar-refractivity contribution is 0.0602. The number of methoxy groups -OCH3 is 1. The van der Waals surface area contributed by atoms with Gasteiger partial charge in [0.25, 0.3) is 0 Å². The SMILES string of the molecule is COC(=O)c1sccc1S(=O)(=O)N1CCN(c2nccs2)CC1. The molecule has 3 heterocycles. The van der Waals surface area contributed by atoms with Crippen molar-refractivity contribution in [3.05, 3.63) is 27.9 Å². The molecular formula is C13H15N3O4S3. The summed E-state index contributed by atoms with van der Waals surface area (Å²) in [5.74, 6) is -0.625. The van der Waals surface area contributed by atoms with Crippen molar-refractivity contribution < 1.29 is 17.9 Å². The maximum absolute atomic E-state index is 12.8. The van der Waals surface area contributed by atoms with Crippen LogP contribution in [0.5, 0.6) is 0 Å². The molecule has 0 aromatic carbocycles. The van der Waals surface area contributed by atoms with Gasteiger partial charge >= 0.3 is 5.97 Å². The van der Waals surface area contributed by atoms with Crippen molar-refractivity contribution >= 4 is 43.8 Å². The zero-order valence-corrected chi connectivity index (χ0v) is 14.8. The van der Waals surface area contributed by atoms with Crippen molar-refractivity contribution in [2.24, 2.45) is 0 Å². The molecule has 1 fully saturated rings. The van der Waals surface area contributed by atoms with Crippen molar-refractivity contribution in [1.82, 2.24) is 9.29 Å². The third-order valence-electron chi connectivity index (χ3n) is 3.55. The van der Waals surface area contributed by atoms with Gasteiger partial charge in [0.2, 0.25) is 10.0 Å². The Morgan fingerprint density at radius 2 is 1.96 bits per heavy atom. The molecule has 0 bridgehead atoms. The van der Waals surface area contributed by atoms with Crippen LogP contribution >= 0.6 is 22.7 Å². The van der Waals surface area contributed by atoms with Gasteiger partial charge in [0, 0.05) is 37.8 Å². The fourth-order valence-corrected chi connectivity index (χ4v) is 5.80. The number of thiazole rings is 1. The van der Waals surface area contributed by atoms with Crippen LogP contribution in [0.4, 0.5) is 5.13 Å². The number of ether oxygens (including phenoxy) is 1. The van der Waals surface area contributed by atoms with Crippen LogP contribution in [-0.4, -0.2) is 57.0 Å². The molecule has 10 heteroatoms. The standard InChI is InChI=1S/C13H15N3O4S3/c1-20-12(17)11-10(2-8-21-11)23(18,19)16-6-4-15(5-7-16)13-14-3-9-22-13/h2-3,8-9H,4-7H2,1H3. The summed E-state index contributed by atoms with van der Waals surface area (Å²) in [5, 5.41) is 4.38. The van der Waals surface area contributed by atoms with E-state index in [0.29, 0.717) is 26.2 Å². The molecule has 23 heavy (non-hydrogen) atoms. The second-order valence-corrected chi connectivity index (χ2v) is 8.51. The molecule has 2 aromatic rings. The molecule has 0 radical (unpaired) electrons. The van der Waals surface area contributed by atoms with Gasteiger partial charge in [-0.3, -0.25) is 0 Å². The molecule has 0 amide bonds. The van der Waals surface area contributed by atoms with E-state index in [2.05, 4.69) is 14.6 Å². The van der Waals surface area contributed by atoms with Gasteiger partial charge in [0.15, 0.2) is 5.13 Å². The quantitative estimate of drug-likeness (QED) is 0.756. The second-order valence-electron chi connectivity index (χ2n) is 4.81. The summed E-state index contributed by atoms with van der Waals surface area (Å²) in [6, 6.07) is 1.46. The minimum absolute atomic E-state index is 0.0250. The van der Waals surface area contributed by atoms with Crippen molar-refractivity contribution in [3.8, 4) is 0 Å². The van der Waals surface area contributed by atoms with E-state index in [1.165, 1.54) is 28.8 Å². The van der Waals surface area contributed by atoms with E-state index < -0.39 is 16.0 Å². The number of sulfonamides is 1. The van der Waals surface area contributed by atoms with E-state index in [9.17, 15) is 13.2 Å². The van der Waals surface area contributed by atoms with E-state index in [1.54, 1.807) is 11.6 Å². The first-order chi connectivity index (χ1) is 11.0. The molecule has 7 nitrogen and oxygen atoms in total. The minimum atomic E-state index is -3.70. The van der Waals surface area contributed by atoms with Crippen LogP contribution in [-0.2, 0) is 14.8 Å². The van der Waals surface area contributed by atoms with Crippen LogP contribution in [0, 0.1) is 0 Å². The van der Waals surface area contributed by atoms with E-state index in [0.717, 1.165) is 16.5 Å². The Labute approximate surface area is 142 Å². The molecule has 124 valence electrons. The van der Waals surface area contributed by atoms with Gasteiger partial charge in [0.1, 0.15) is 9.77 Å². The molecule has 2 aromatic heterocycles. The average Bonchev–Trinajstić information content (AvgIpc) is 3.25. The summed E-state index contributed by atoms with van der Waals surface area (Å²) in [7, 11) is -2.46. The Balaban J connectivity index is 1.77. The Morgan fingerprint density at radius 3 is 2.57 bits per heavy atom. The number of hydrogen-bond acceptors (Lipinski definition) is 8. The highest BCUT2D eigenvalue weighted by Crippen LogP contribution is 2.27. The summed E-state index contributed by atoms with van der Waals surface area (Å²) in [5.41, 5.74) is 0. The molecule has 1 saturated heterocycles. The number of aromatic nitrogens is 1. The zero-order valence-electron chi connectivity index (χ0n) is 12.3. The van der Waals surface area contributed by atoms with Gasteiger partial charge in [-0.2, -0.15) is 4.31 Å². The first-order valence-corrected chi connectivity index (χ1v) is 10.0. The lowest BCUT2D eigenvalue weighted by atomic mass is 10.4. The summed E-state index contributed by atoms with van der Waals surface area (Å²) in [6.07, 6.45) is 1.73. The molecule has 0 atom stereocenters. The lowest BCUT2D eigenvalue weighted by Crippen LogP contribution is -2.48. The minimum Gasteiger partial charge on any atom is -0.465 e. The molecule has 0 N–H and O–H groups in total. The molecule has 1 aliphatic rings. The van der Waals surface area contributed by atoms with Crippen LogP contribution in [0.2, 0.25) is 0 Å². The predicted octanol–water partition coefficient (Wildman–Crippen LogP) is 1.50. The van der Waals surface area contributed by atoms with Crippen LogP contribution in [0.1, 0.15) is 9.67 Å². The van der Waals surface area contributed by atoms with Gasteiger partial charge in [-0.1, -0.05) is 0 Å². The smallest absolute Gasteiger partial charge is 0.349 e. The Bertz CT molecular complexity index is 777. The van der Waals surface area contributed by atoms with E-state index >= 15 is 0 Å². The van der Waals surface area contributed by atoms with Gasteiger partial charge in [-0.15, -0.1) is 22.7 Å². The van der Waals surface area contributed by atoms with Crippen LogP contribution < -0.4 is 4.90 Å². The predicted molar refractivity (Wildman–Crippen MR) is 88.7 cm³/mol. The molecule has 0 aliphatic carbocycles. The molecule has 0 unspecified atom stereocenters. The Morgan fingerprint density at radius 1 is 1.22 bits per heavy atom. The third kappa shape index (κ3) is 3.11. The Kier molecular flexibility index (Phi) is 4.67. The monoisotopic (exact) mass is 373 g/mol. The number of hydrogen-bond donors (Lipinski definition) is 0. The first kappa shape index (κ1) is 16.4. The van der Waals surface area contributed by atoms with Gasteiger partial charge < -0.3 is 9.64 Å². The van der Waals surface area contributed by atoms with Crippen LogP contribution in [0.3, 0.4) is 0 Å². The number of carbonyl (C=O) groups excluding carboxylic acids is 1. The second kappa shape index (κ2) is 6.56. The van der Waals surface area contributed by atoms with Gasteiger partial charge in [-0.25, -0.2) is 18.2 Å². The summed E-state index contributed by atoms with van der Waals surface area (Å²) in [4.78, 5) is 18.2. The number of piperazine rings is 1. The van der Waals surface area contributed by atoms with E-state index in [-0.39, 0.29) is 9.77 Å². The number of nitrogens with zero attached hydrogens (tertiary/aromatic N) is 3. The number of carbonyl (C=O) groups is 1. The van der Waals surface area contributed by atoms with Crippen LogP contribution in [0.15, 0.2) is 27.9 Å². The number of thiophene rings is 1. The summed E-state index contributed by atoms with van der Waals surface area (Å²) >= 11 is 2.61. The van der Waals surface area contributed by atoms with E-state index in [1.807, 2.05) is 5.38 Å². The first-order valence-electron chi connectivity index (χ1n) is 6.84. The molecule has 0 spiro atoms. The van der Waals surface area contributed by atoms with Gasteiger partial charge in [-0.05, 0) is 11.4 Å². The van der Waals surface area contributed by atoms with Crippen molar-refractivity contribution in [2.45, 2.75) is 4.90 Å². The van der Waals surface area contributed by atoms with E-state index in [4.69, 9.17) is 0 Å². The zero-order chi connectivity index (χ0) is 16.4. The lowest BCUT2D eigenvalue weighted by Gasteiger charge is -2.33. The normalized spacial score (nSPS) is 16.5. The molecule has 3 rings (SSSR count). The van der Waals surface area contributed by atoms with Crippen LogP contribution in [0.25, 0.3) is 0 Å². The summed E-state index contributed by atoms with van der Waals surface area (Å²) < 4.78 is 31.6. The fourth-order valence-electron chi connectivity index (χ4n) is 2.37. The highest BCUT2D eigenvalue weighted by Gasteiger charge is 2.33. The highest BCUT2D eigenvalue weighted by molar-refractivity contribution is 7.89. The topological polar surface area (TPSA) is 79.8 Å². The van der Waals surface area contributed by atoms with Gasteiger partial charge in [0.05, 0.1) is 7.11 Å². The number of rotatable bonds is 4. The molecule has 0 saturated carbocycles. The summed E-state index contributed by atoms with van der Waals surface area (Å²) in [6.45, 7) is 1.87. The molecule has 1 aliphatic heterocycles.